The van der Waals surface area contributed by atoms with Gasteiger partial charge in [-0.15, -0.1) is 11.3 Å². The maximum absolute atomic E-state index is 5.96. The molecule has 0 aliphatic rings. The number of hydrogen-bond donors (Lipinski definition) is 1. The normalized spacial score (nSPS) is 10.7. The summed E-state index contributed by atoms with van der Waals surface area (Å²) >= 11 is 1.73. The maximum Gasteiger partial charge on any atom is 0.125 e. The summed E-state index contributed by atoms with van der Waals surface area (Å²) in [7, 11) is 0. The summed E-state index contributed by atoms with van der Waals surface area (Å²) in [4.78, 5) is 1.26. The van der Waals surface area contributed by atoms with Gasteiger partial charge < -0.3 is 10.1 Å². The Bertz CT molecular complexity index is 497. The zero-order valence-corrected chi connectivity index (χ0v) is 12.6. The minimum Gasteiger partial charge on any atom is -0.488 e. The highest BCUT2D eigenvalue weighted by atomic mass is 32.1. The van der Waals surface area contributed by atoms with Gasteiger partial charge in [-0.1, -0.05) is 25.1 Å². The van der Waals surface area contributed by atoms with Crippen LogP contribution in [-0.2, 0) is 13.2 Å². The van der Waals surface area contributed by atoms with Crippen LogP contribution in [0.15, 0.2) is 29.6 Å². The fraction of sp³-hybridized carbons (Fsp3) is 0.375. The third-order valence-corrected chi connectivity index (χ3v) is 3.89. The number of thiophene rings is 1. The standard InChI is InChI=1S/C16H21NOS/c1-4-17-10-14-8-12(2)16(13(3)9-14)18-11-15-6-5-7-19-15/h5-9,17H,4,10-11H2,1-3H3. The van der Waals surface area contributed by atoms with Gasteiger partial charge in [0, 0.05) is 11.4 Å². The molecule has 0 fully saturated rings. The van der Waals surface area contributed by atoms with Crippen molar-refractivity contribution in [3.63, 3.8) is 0 Å². The van der Waals surface area contributed by atoms with E-state index in [-0.39, 0.29) is 0 Å². The van der Waals surface area contributed by atoms with Crippen LogP contribution in [0.1, 0.15) is 28.5 Å². The summed E-state index contributed by atoms with van der Waals surface area (Å²) in [5.74, 6) is 1.02. The first kappa shape index (κ1) is 14.1. The molecule has 0 aliphatic heterocycles. The summed E-state index contributed by atoms with van der Waals surface area (Å²) in [5.41, 5.74) is 3.74. The lowest BCUT2D eigenvalue weighted by molar-refractivity contribution is 0.305. The molecule has 0 amide bonds. The van der Waals surface area contributed by atoms with Gasteiger partial charge in [0.05, 0.1) is 0 Å². The van der Waals surface area contributed by atoms with Crippen molar-refractivity contribution in [2.75, 3.05) is 6.54 Å². The van der Waals surface area contributed by atoms with Crippen molar-refractivity contribution in [2.45, 2.75) is 33.9 Å². The van der Waals surface area contributed by atoms with Gasteiger partial charge >= 0.3 is 0 Å². The molecule has 1 aromatic carbocycles. The Hall–Kier alpha value is -1.32. The first-order valence-electron chi connectivity index (χ1n) is 6.66. The van der Waals surface area contributed by atoms with Crippen molar-refractivity contribution in [1.82, 2.24) is 5.32 Å². The first-order chi connectivity index (χ1) is 9.20. The zero-order valence-electron chi connectivity index (χ0n) is 11.8. The van der Waals surface area contributed by atoms with E-state index in [2.05, 4.69) is 55.7 Å². The molecule has 3 heteroatoms. The Balaban J connectivity index is 2.08. The molecule has 102 valence electrons. The molecule has 1 N–H and O–H groups in total. The second kappa shape index (κ2) is 6.73. The van der Waals surface area contributed by atoms with E-state index in [1.165, 1.54) is 21.6 Å². The minimum absolute atomic E-state index is 0.659. The molecule has 0 spiro atoms. The molecule has 19 heavy (non-hydrogen) atoms. The van der Waals surface area contributed by atoms with Crippen LogP contribution < -0.4 is 10.1 Å². The van der Waals surface area contributed by atoms with Crippen molar-refractivity contribution >= 4 is 11.3 Å². The predicted octanol–water partition coefficient (Wildman–Crippen LogP) is 4.05. The number of aryl methyl sites for hydroxylation is 2. The molecule has 0 saturated heterocycles. The van der Waals surface area contributed by atoms with Gasteiger partial charge in [0.25, 0.3) is 0 Å². The van der Waals surface area contributed by atoms with Gasteiger partial charge in [0.1, 0.15) is 12.4 Å². The van der Waals surface area contributed by atoms with Crippen LogP contribution in [0, 0.1) is 13.8 Å². The third kappa shape index (κ3) is 3.82. The lowest BCUT2D eigenvalue weighted by Crippen LogP contribution is -2.12. The van der Waals surface area contributed by atoms with Gasteiger partial charge in [0.2, 0.25) is 0 Å². The highest BCUT2D eigenvalue weighted by molar-refractivity contribution is 7.09. The number of ether oxygens (including phenoxy) is 1. The zero-order chi connectivity index (χ0) is 13.7. The number of nitrogens with one attached hydrogen (secondary N) is 1. The Labute approximate surface area is 119 Å². The third-order valence-electron chi connectivity index (χ3n) is 3.04. The summed E-state index contributed by atoms with van der Waals surface area (Å²) in [6, 6.07) is 8.58. The topological polar surface area (TPSA) is 21.3 Å². The largest absolute Gasteiger partial charge is 0.488 e. The summed E-state index contributed by atoms with van der Waals surface area (Å²) in [6.07, 6.45) is 0. The van der Waals surface area contributed by atoms with Gasteiger partial charge in [-0.2, -0.15) is 0 Å². The fourth-order valence-corrected chi connectivity index (χ4v) is 2.79. The summed E-state index contributed by atoms with van der Waals surface area (Å²) < 4.78 is 5.96. The van der Waals surface area contributed by atoms with E-state index in [0.717, 1.165) is 18.8 Å². The monoisotopic (exact) mass is 275 g/mol. The summed E-state index contributed by atoms with van der Waals surface area (Å²) in [6.45, 7) is 8.93. The highest BCUT2D eigenvalue weighted by Crippen LogP contribution is 2.26. The maximum atomic E-state index is 5.96. The van der Waals surface area contributed by atoms with E-state index in [1.807, 2.05) is 0 Å². The molecular formula is C16H21NOS. The number of benzene rings is 1. The molecule has 0 aliphatic carbocycles. The van der Waals surface area contributed by atoms with Crippen LogP contribution >= 0.6 is 11.3 Å². The van der Waals surface area contributed by atoms with Crippen molar-refractivity contribution in [3.8, 4) is 5.75 Å². The average Bonchev–Trinajstić information content (AvgIpc) is 2.88. The molecule has 2 rings (SSSR count). The SMILES string of the molecule is CCNCc1cc(C)c(OCc2cccs2)c(C)c1. The van der Waals surface area contributed by atoms with E-state index in [9.17, 15) is 0 Å². The van der Waals surface area contributed by atoms with Crippen molar-refractivity contribution in [1.29, 1.82) is 0 Å². The van der Waals surface area contributed by atoms with Crippen molar-refractivity contribution < 1.29 is 4.74 Å². The Morgan fingerprint density at radius 2 is 1.95 bits per heavy atom. The lowest BCUT2D eigenvalue weighted by Gasteiger charge is -2.14. The fourth-order valence-electron chi connectivity index (χ4n) is 2.18. The lowest BCUT2D eigenvalue weighted by atomic mass is 10.1. The molecule has 0 atom stereocenters. The van der Waals surface area contributed by atoms with Crippen LogP contribution in [0.2, 0.25) is 0 Å². The van der Waals surface area contributed by atoms with Gasteiger partial charge in [0.15, 0.2) is 0 Å². The molecule has 0 unspecified atom stereocenters. The molecule has 2 aromatic rings. The molecule has 1 aromatic heterocycles. The molecule has 0 bridgehead atoms. The van der Waals surface area contributed by atoms with Crippen LogP contribution in [0.25, 0.3) is 0 Å². The minimum atomic E-state index is 0.659. The van der Waals surface area contributed by atoms with E-state index in [4.69, 9.17) is 4.74 Å². The van der Waals surface area contributed by atoms with Crippen LogP contribution in [0.4, 0.5) is 0 Å². The van der Waals surface area contributed by atoms with Gasteiger partial charge in [-0.05, 0) is 48.5 Å². The van der Waals surface area contributed by atoms with Crippen molar-refractivity contribution in [3.05, 3.63) is 51.2 Å². The predicted molar refractivity (Wildman–Crippen MR) is 81.9 cm³/mol. The van der Waals surface area contributed by atoms with Crippen LogP contribution in [-0.4, -0.2) is 6.54 Å². The van der Waals surface area contributed by atoms with Gasteiger partial charge in [-0.3, -0.25) is 0 Å². The average molecular weight is 275 g/mol. The molecule has 2 nitrogen and oxygen atoms in total. The second-order valence-corrected chi connectivity index (χ2v) is 5.74. The van der Waals surface area contributed by atoms with E-state index >= 15 is 0 Å². The van der Waals surface area contributed by atoms with E-state index in [1.54, 1.807) is 11.3 Å². The molecule has 1 heterocycles. The molecule has 0 saturated carbocycles. The Morgan fingerprint density at radius 1 is 1.21 bits per heavy atom. The van der Waals surface area contributed by atoms with Gasteiger partial charge in [-0.25, -0.2) is 0 Å². The van der Waals surface area contributed by atoms with E-state index < -0.39 is 0 Å². The Kier molecular flexibility index (Phi) is 5.00. The first-order valence-corrected chi connectivity index (χ1v) is 7.54. The highest BCUT2D eigenvalue weighted by Gasteiger charge is 2.07. The molecule has 0 radical (unpaired) electrons. The number of rotatable bonds is 6. The van der Waals surface area contributed by atoms with E-state index in [0.29, 0.717) is 6.61 Å². The second-order valence-electron chi connectivity index (χ2n) is 4.71. The summed E-state index contributed by atoms with van der Waals surface area (Å²) in [5, 5.41) is 5.43. The number of hydrogen-bond acceptors (Lipinski definition) is 3. The Morgan fingerprint density at radius 3 is 2.53 bits per heavy atom. The van der Waals surface area contributed by atoms with Crippen LogP contribution in [0.3, 0.4) is 0 Å². The molecular weight excluding hydrogens is 254 g/mol. The van der Waals surface area contributed by atoms with Crippen molar-refractivity contribution in [2.24, 2.45) is 0 Å². The smallest absolute Gasteiger partial charge is 0.125 e. The van der Waals surface area contributed by atoms with Crippen LogP contribution in [0.5, 0.6) is 5.75 Å². The quantitative estimate of drug-likeness (QED) is 0.858.